The summed E-state index contributed by atoms with van der Waals surface area (Å²) < 4.78 is 11.6. The Balaban J connectivity index is 2.71. The number of ether oxygens (including phenoxy) is 2. The number of hydrogen-bond acceptors (Lipinski definition) is 4. The predicted octanol–water partition coefficient (Wildman–Crippen LogP) is 2.53. The van der Waals surface area contributed by atoms with Crippen LogP contribution in [0.2, 0.25) is 0 Å². The van der Waals surface area contributed by atoms with Crippen molar-refractivity contribution in [1.82, 2.24) is 10.2 Å². The van der Waals surface area contributed by atoms with Gasteiger partial charge in [0.25, 0.3) is 0 Å². The highest BCUT2D eigenvalue weighted by molar-refractivity contribution is 5.40. The van der Waals surface area contributed by atoms with Crippen molar-refractivity contribution in [2.45, 2.75) is 26.8 Å². The van der Waals surface area contributed by atoms with Crippen LogP contribution in [0.15, 0.2) is 18.2 Å². The molecule has 0 saturated carbocycles. The van der Waals surface area contributed by atoms with Gasteiger partial charge in [0.05, 0.1) is 6.61 Å². The molecule has 20 heavy (non-hydrogen) atoms. The van der Waals surface area contributed by atoms with Crippen LogP contribution >= 0.6 is 0 Å². The van der Waals surface area contributed by atoms with Crippen molar-refractivity contribution >= 4 is 0 Å². The second-order valence-electron chi connectivity index (χ2n) is 5.05. The first kappa shape index (κ1) is 16.8. The fourth-order valence-corrected chi connectivity index (χ4v) is 1.72. The molecule has 0 heterocycles. The minimum atomic E-state index is 0.684. The summed E-state index contributed by atoms with van der Waals surface area (Å²) in [7, 11) is 4.09. The molecule has 1 aromatic rings. The van der Waals surface area contributed by atoms with E-state index in [0.717, 1.165) is 44.2 Å². The molecule has 0 aliphatic carbocycles. The molecule has 0 bridgehead atoms. The molecule has 0 atom stereocenters. The first-order valence-electron chi connectivity index (χ1n) is 7.41. The molecule has 0 saturated heterocycles. The van der Waals surface area contributed by atoms with E-state index in [0.29, 0.717) is 6.61 Å². The van der Waals surface area contributed by atoms with E-state index >= 15 is 0 Å². The van der Waals surface area contributed by atoms with Gasteiger partial charge in [0, 0.05) is 24.7 Å². The zero-order valence-corrected chi connectivity index (χ0v) is 13.2. The third-order valence-corrected chi connectivity index (χ3v) is 2.87. The lowest BCUT2D eigenvalue weighted by Gasteiger charge is -2.16. The van der Waals surface area contributed by atoms with E-state index in [9.17, 15) is 0 Å². The van der Waals surface area contributed by atoms with Crippen LogP contribution < -0.4 is 14.8 Å². The topological polar surface area (TPSA) is 33.7 Å². The number of rotatable bonds is 10. The Morgan fingerprint density at radius 2 is 1.90 bits per heavy atom. The lowest BCUT2D eigenvalue weighted by Crippen LogP contribution is -2.20. The van der Waals surface area contributed by atoms with E-state index in [1.54, 1.807) is 0 Å². The molecule has 1 aromatic carbocycles. The zero-order chi connectivity index (χ0) is 14.8. The van der Waals surface area contributed by atoms with Crippen LogP contribution in [0.4, 0.5) is 0 Å². The molecule has 1 N–H and O–H groups in total. The molecule has 0 aromatic heterocycles. The van der Waals surface area contributed by atoms with Crippen molar-refractivity contribution in [2.75, 3.05) is 40.4 Å². The van der Waals surface area contributed by atoms with Crippen molar-refractivity contribution in [3.8, 4) is 11.5 Å². The highest BCUT2D eigenvalue weighted by Crippen LogP contribution is 2.25. The Bertz CT molecular complexity index is 381. The van der Waals surface area contributed by atoms with Gasteiger partial charge in [-0.3, -0.25) is 0 Å². The number of hydrogen-bond donors (Lipinski definition) is 1. The second-order valence-corrected chi connectivity index (χ2v) is 5.05. The molecular formula is C16H28N2O2. The van der Waals surface area contributed by atoms with Gasteiger partial charge in [-0.05, 0) is 33.1 Å². The van der Waals surface area contributed by atoms with Gasteiger partial charge >= 0.3 is 0 Å². The van der Waals surface area contributed by atoms with Crippen LogP contribution in [-0.4, -0.2) is 45.3 Å². The third kappa shape index (κ3) is 6.26. The van der Waals surface area contributed by atoms with Gasteiger partial charge in [0.2, 0.25) is 0 Å². The van der Waals surface area contributed by atoms with Gasteiger partial charge in [-0.1, -0.05) is 19.9 Å². The van der Waals surface area contributed by atoms with Crippen LogP contribution in [0, 0.1) is 0 Å². The second kappa shape index (κ2) is 9.61. The quantitative estimate of drug-likeness (QED) is 0.714. The summed E-state index contributed by atoms with van der Waals surface area (Å²) >= 11 is 0. The lowest BCUT2D eigenvalue weighted by atomic mass is 10.2. The third-order valence-electron chi connectivity index (χ3n) is 2.87. The Morgan fingerprint density at radius 3 is 2.55 bits per heavy atom. The van der Waals surface area contributed by atoms with E-state index in [1.807, 2.05) is 26.2 Å². The van der Waals surface area contributed by atoms with E-state index in [2.05, 4.69) is 30.1 Å². The molecule has 0 aliphatic rings. The first-order valence-corrected chi connectivity index (χ1v) is 7.41. The van der Waals surface area contributed by atoms with Crippen LogP contribution in [0.5, 0.6) is 11.5 Å². The van der Waals surface area contributed by atoms with Crippen LogP contribution in [0.1, 0.15) is 25.8 Å². The molecule has 0 radical (unpaired) electrons. The average molecular weight is 280 g/mol. The summed E-state index contributed by atoms with van der Waals surface area (Å²) in [6.45, 7) is 8.31. The van der Waals surface area contributed by atoms with Crippen molar-refractivity contribution < 1.29 is 9.47 Å². The maximum Gasteiger partial charge on any atom is 0.127 e. The van der Waals surface area contributed by atoms with Gasteiger partial charge in [0.1, 0.15) is 18.1 Å². The Morgan fingerprint density at radius 1 is 1.10 bits per heavy atom. The Kier molecular flexibility index (Phi) is 8.07. The van der Waals surface area contributed by atoms with Crippen LogP contribution in [0.3, 0.4) is 0 Å². The predicted molar refractivity (Wildman–Crippen MR) is 83.7 cm³/mol. The molecule has 114 valence electrons. The minimum Gasteiger partial charge on any atom is -0.493 e. The highest BCUT2D eigenvalue weighted by atomic mass is 16.5. The van der Waals surface area contributed by atoms with Gasteiger partial charge in [-0.25, -0.2) is 0 Å². The molecule has 0 aliphatic heterocycles. The summed E-state index contributed by atoms with van der Waals surface area (Å²) in [6.07, 6.45) is 1.01. The molecule has 0 amide bonds. The summed E-state index contributed by atoms with van der Waals surface area (Å²) in [6, 6.07) is 6.10. The first-order chi connectivity index (χ1) is 9.67. The van der Waals surface area contributed by atoms with Gasteiger partial charge < -0.3 is 19.7 Å². The van der Waals surface area contributed by atoms with E-state index in [1.165, 1.54) is 5.56 Å². The highest BCUT2D eigenvalue weighted by Gasteiger charge is 2.06. The standard InChI is InChI=1S/C16H28N2O2/c1-5-10-19-15-8-7-14(13-17-6-2)16(12-15)20-11-9-18(3)4/h7-8,12,17H,5-6,9-11,13H2,1-4H3. The smallest absolute Gasteiger partial charge is 0.127 e. The van der Waals surface area contributed by atoms with E-state index in [4.69, 9.17) is 9.47 Å². The van der Waals surface area contributed by atoms with Crippen molar-refractivity contribution in [1.29, 1.82) is 0 Å². The Hall–Kier alpha value is -1.26. The SMILES string of the molecule is CCCOc1ccc(CNCC)c(OCCN(C)C)c1. The number of likely N-dealkylation sites (N-methyl/N-ethyl adjacent to an activating group) is 1. The van der Waals surface area contributed by atoms with Gasteiger partial charge in [0.15, 0.2) is 0 Å². The zero-order valence-electron chi connectivity index (χ0n) is 13.2. The number of benzene rings is 1. The summed E-state index contributed by atoms with van der Waals surface area (Å²) in [5.41, 5.74) is 1.18. The molecule has 0 unspecified atom stereocenters. The van der Waals surface area contributed by atoms with Crippen molar-refractivity contribution in [3.05, 3.63) is 23.8 Å². The van der Waals surface area contributed by atoms with Crippen LogP contribution in [0.25, 0.3) is 0 Å². The van der Waals surface area contributed by atoms with Crippen LogP contribution in [-0.2, 0) is 6.54 Å². The molecule has 4 nitrogen and oxygen atoms in total. The summed E-state index contributed by atoms with van der Waals surface area (Å²) in [4.78, 5) is 2.11. The normalized spacial score (nSPS) is 10.8. The van der Waals surface area contributed by atoms with Gasteiger partial charge in [-0.15, -0.1) is 0 Å². The average Bonchev–Trinajstić information content (AvgIpc) is 2.43. The molecule has 0 fully saturated rings. The molecule has 4 heteroatoms. The van der Waals surface area contributed by atoms with Crippen molar-refractivity contribution in [3.63, 3.8) is 0 Å². The lowest BCUT2D eigenvalue weighted by molar-refractivity contribution is 0.256. The monoisotopic (exact) mass is 280 g/mol. The maximum atomic E-state index is 5.90. The number of nitrogens with one attached hydrogen (secondary N) is 1. The largest absolute Gasteiger partial charge is 0.493 e. The summed E-state index contributed by atoms with van der Waals surface area (Å²) in [5, 5.41) is 3.34. The van der Waals surface area contributed by atoms with E-state index in [-0.39, 0.29) is 0 Å². The Labute approximate surface area is 123 Å². The fourth-order valence-electron chi connectivity index (χ4n) is 1.72. The van der Waals surface area contributed by atoms with Gasteiger partial charge in [-0.2, -0.15) is 0 Å². The summed E-state index contributed by atoms with van der Waals surface area (Å²) in [5.74, 6) is 1.80. The minimum absolute atomic E-state index is 0.684. The number of nitrogens with zero attached hydrogens (tertiary/aromatic N) is 1. The van der Waals surface area contributed by atoms with Crippen molar-refractivity contribution in [2.24, 2.45) is 0 Å². The van der Waals surface area contributed by atoms with E-state index < -0.39 is 0 Å². The fraction of sp³-hybridized carbons (Fsp3) is 0.625. The molecular weight excluding hydrogens is 252 g/mol. The molecule has 0 spiro atoms. The molecule has 1 rings (SSSR count). The maximum absolute atomic E-state index is 5.90.